The number of aryl methyl sites for hydroxylation is 1. The Hall–Kier alpha value is -1.36. The molecule has 1 N–H and O–H groups in total. The average Bonchev–Trinajstić information content (AvgIpc) is 2.87. The minimum atomic E-state index is -0.723. The van der Waals surface area contributed by atoms with Crippen molar-refractivity contribution >= 4 is 5.97 Å². The third-order valence-electron chi connectivity index (χ3n) is 3.79. The Morgan fingerprint density at radius 1 is 1.71 bits per heavy atom. The molecule has 0 radical (unpaired) electrons. The second kappa shape index (κ2) is 4.49. The summed E-state index contributed by atoms with van der Waals surface area (Å²) in [5.41, 5.74) is 0.122. The van der Waals surface area contributed by atoms with Crippen LogP contribution in [0, 0.1) is 6.92 Å². The summed E-state index contributed by atoms with van der Waals surface area (Å²) in [7, 11) is 0. The Bertz CT molecular complexity index is 416. The van der Waals surface area contributed by atoms with Crippen LogP contribution in [0.5, 0.6) is 0 Å². The van der Waals surface area contributed by atoms with E-state index in [4.69, 9.17) is 4.42 Å². The van der Waals surface area contributed by atoms with Gasteiger partial charge in [0.1, 0.15) is 11.3 Å². The summed E-state index contributed by atoms with van der Waals surface area (Å²) in [6.07, 6.45) is 3.68. The van der Waals surface area contributed by atoms with Crippen molar-refractivity contribution in [3.8, 4) is 0 Å². The van der Waals surface area contributed by atoms with Crippen molar-refractivity contribution in [3.05, 3.63) is 17.8 Å². The summed E-state index contributed by atoms with van der Waals surface area (Å²) in [5, 5.41) is 9.45. The number of oxazole rings is 1. The van der Waals surface area contributed by atoms with Crippen molar-refractivity contribution in [1.82, 2.24) is 9.88 Å². The van der Waals surface area contributed by atoms with E-state index >= 15 is 0 Å². The van der Waals surface area contributed by atoms with E-state index < -0.39 is 11.5 Å². The highest BCUT2D eigenvalue weighted by Gasteiger charge is 2.46. The van der Waals surface area contributed by atoms with Gasteiger partial charge in [-0.2, -0.15) is 0 Å². The quantitative estimate of drug-likeness (QED) is 0.866. The second-order valence-corrected chi connectivity index (χ2v) is 4.57. The lowest BCUT2D eigenvalue weighted by Gasteiger charge is -2.33. The summed E-state index contributed by atoms with van der Waals surface area (Å²) < 4.78 is 5.15. The molecule has 1 saturated heterocycles. The maximum Gasteiger partial charge on any atom is 0.324 e. The smallest absolute Gasteiger partial charge is 0.324 e. The molecule has 1 aromatic rings. The standard InChI is InChI=1S/C12H18N2O3/c1-3-12(11(15)16)5-4-6-14(12)7-10-9(2)17-8-13-10/h8H,3-7H2,1-2H3,(H,15,16). The average molecular weight is 238 g/mol. The number of hydrogen-bond donors (Lipinski definition) is 1. The molecule has 1 atom stereocenters. The van der Waals surface area contributed by atoms with Crippen LogP contribution >= 0.6 is 0 Å². The summed E-state index contributed by atoms with van der Waals surface area (Å²) in [6.45, 7) is 5.16. The highest BCUT2D eigenvalue weighted by molar-refractivity contribution is 5.79. The predicted octanol–water partition coefficient (Wildman–Crippen LogP) is 1.81. The molecule has 5 heteroatoms. The zero-order valence-electron chi connectivity index (χ0n) is 10.3. The fourth-order valence-electron chi connectivity index (χ4n) is 2.62. The van der Waals surface area contributed by atoms with Crippen LogP contribution in [0.3, 0.4) is 0 Å². The molecule has 0 aliphatic carbocycles. The first-order chi connectivity index (χ1) is 8.10. The number of rotatable bonds is 4. The first-order valence-electron chi connectivity index (χ1n) is 5.97. The number of aromatic nitrogens is 1. The van der Waals surface area contributed by atoms with Gasteiger partial charge >= 0.3 is 5.97 Å². The van der Waals surface area contributed by atoms with Crippen LogP contribution in [-0.4, -0.2) is 33.0 Å². The summed E-state index contributed by atoms with van der Waals surface area (Å²) in [6, 6.07) is 0. The normalized spacial score (nSPS) is 25.3. The molecule has 1 aliphatic rings. The van der Waals surface area contributed by atoms with E-state index in [1.54, 1.807) is 0 Å². The third kappa shape index (κ3) is 1.95. The molecule has 17 heavy (non-hydrogen) atoms. The number of carboxylic acids is 1. The molecule has 1 unspecified atom stereocenters. The van der Waals surface area contributed by atoms with Crippen LogP contribution in [0.25, 0.3) is 0 Å². The lowest BCUT2D eigenvalue weighted by atomic mass is 9.93. The van der Waals surface area contributed by atoms with Crippen molar-refractivity contribution in [1.29, 1.82) is 0 Å². The van der Waals surface area contributed by atoms with Crippen molar-refractivity contribution in [2.75, 3.05) is 6.54 Å². The highest BCUT2D eigenvalue weighted by Crippen LogP contribution is 2.34. The number of likely N-dealkylation sites (tertiary alicyclic amines) is 1. The molecule has 0 aromatic carbocycles. The van der Waals surface area contributed by atoms with Gasteiger partial charge in [-0.1, -0.05) is 6.92 Å². The Labute approximate surface area is 100 Å². The van der Waals surface area contributed by atoms with Crippen LogP contribution in [0.15, 0.2) is 10.8 Å². The topological polar surface area (TPSA) is 66.6 Å². The molecular formula is C12H18N2O3. The summed E-state index contributed by atoms with van der Waals surface area (Å²) in [5.74, 6) is 0.0472. The molecule has 2 rings (SSSR count). The number of carbonyl (C=O) groups is 1. The van der Waals surface area contributed by atoms with Crippen molar-refractivity contribution in [3.63, 3.8) is 0 Å². The molecule has 5 nitrogen and oxygen atoms in total. The highest BCUT2D eigenvalue weighted by atomic mass is 16.4. The fourth-order valence-corrected chi connectivity index (χ4v) is 2.62. The first kappa shape index (κ1) is 12.1. The van der Waals surface area contributed by atoms with E-state index in [2.05, 4.69) is 4.98 Å². The number of nitrogens with zero attached hydrogens (tertiary/aromatic N) is 2. The maximum atomic E-state index is 11.5. The molecular weight excluding hydrogens is 220 g/mol. The first-order valence-corrected chi connectivity index (χ1v) is 5.97. The molecule has 94 valence electrons. The second-order valence-electron chi connectivity index (χ2n) is 4.57. The molecule has 1 aromatic heterocycles. The van der Waals surface area contributed by atoms with Gasteiger partial charge in [0, 0.05) is 6.54 Å². The van der Waals surface area contributed by atoms with Gasteiger partial charge < -0.3 is 9.52 Å². The van der Waals surface area contributed by atoms with Crippen molar-refractivity contribution < 1.29 is 14.3 Å². The number of carboxylic acid groups (broad SMARTS) is 1. The van der Waals surface area contributed by atoms with Gasteiger partial charge in [0.05, 0.1) is 5.69 Å². The van der Waals surface area contributed by atoms with Gasteiger partial charge in [0.25, 0.3) is 0 Å². The molecule has 0 bridgehead atoms. The summed E-state index contributed by atoms with van der Waals surface area (Å²) in [4.78, 5) is 17.6. The Morgan fingerprint density at radius 3 is 3.00 bits per heavy atom. The molecule has 1 fully saturated rings. The zero-order chi connectivity index (χ0) is 12.5. The van der Waals surface area contributed by atoms with E-state index in [0.29, 0.717) is 13.0 Å². The van der Waals surface area contributed by atoms with Crippen LogP contribution in [0.4, 0.5) is 0 Å². The van der Waals surface area contributed by atoms with Crippen molar-refractivity contribution in [2.24, 2.45) is 0 Å². The van der Waals surface area contributed by atoms with Gasteiger partial charge in [-0.05, 0) is 32.7 Å². The van der Waals surface area contributed by atoms with E-state index in [1.807, 2.05) is 18.7 Å². The fraction of sp³-hybridized carbons (Fsp3) is 0.667. The monoisotopic (exact) mass is 238 g/mol. The van der Waals surface area contributed by atoms with Crippen LogP contribution in [0.1, 0.15) is 37.6 Å². The lowest BCUT2D eigenvalue weighted by Crippen LogP contribution is -2.49. The minimum absolute atomic E-state index is 0.558. The van der Waals surface area contributed by atoms with Crippen LogP contribution in [0.2, 0.25) is 0 Å². The van der Waals surface area contributed by atoms with Crippen LogP contribution < -0.4 is 0 Å². The molecule has 0 saturated carbocycles. The number of aliphatic carboxylic acids is 1. The van der Waals surface area contributed by atoms with Gasteiger partial charge in [-0.25, -0.2) is 4.98 Å². The largest absolute Gasteiger partial charge is 0.480 e. The van der Waals surface area contributed by atoms with E-state index in [9.17, 15) is 9.90 Å². The van der Waals surface area contributed by atoms with Gasteiger partial charge in [-0.3, -0.25) is 9.69 Å². The minimum Gasteiger partial charge on any atom is -0.480 e. The van der Waals surface area contributed by atoms with Gasteiger partial charge in [0.2, 0.25) is 0 Å². The lowest BCUT2D eigenvalue weighted by molar-refractivity contribution is -0.150. The Morgan fingerprint density at radius 2 is 2.47 bits per heavy atom. The van der Waals surface area contributed by atoms with Crippen molar-refractivity contribution in [2.45, 2.75) is 45.2 Å². The van der Waals surface area contributed by atoms with Gasteiger partial charge in [0.15, 0.2) is 6.39 Å². The molecule has 0 spiro atoms. The SMILES string of the molecule is CCC1(C(=O)O)CCCN1Cc1ncoc1C. The number of hydrogen-bond acceptors (Lipinski definition) is 4. The van der Waals surface area contributed by atoms with E-state index in [0.717, 1.165) is 30.8 Å². The third-order valence-corrected chi connectivity index (χ3v) is 3.79. The zero-order valence-corrected chi connectivity index (χ0v) is 10.3. The summed E-state index contributed by atoms with van der Waals surface area (Å²) >= 11 is 0. The van der Waals surface area contributed by atoms with Gasteiger partial charge in [-0.15, -0.1) is 0 Å². The molecule has 2 heterocycles. The molecule has 0 amide bonds. The Balaban J connectivity index is 2.20. The Kier molecular flexibility index (Phi) is 3.19. The van der Waals surface area contributed by atoms with E-state index in [1.165, 1.54) is 6.39 Å². The van der Waals surface area contributed by atoms with E-state index in [-0.39, 0.29) is 0 Å². The predicted molar refractivity (Wildman–Crippen MR) is 61.5 cm³/mol. The molecule has 1 aliphatic heterocycles. The van der Waals surface area contributed by atoms with Crippen LogP contribution in [-0.2, 0) is 11.3 Å². The maximum absolute atomic E-state index is 11.5.